The van der Waals surface area contributed by atoms with Crippen LogP contribution in [0, 0.1) is 0 Å². The van der Waals surface area contributed by atoms with Gasteiger partial charge in [0.1, 0.15) is 11.5 Å². The van der Waals surface area contributed by atoms with Crippen molar-refractivity contribution in [1.82, 2.24) is 5.32 Å². The van der Waals surface area contributed by atoms with Gasteiger partial charge in [0, 0.05) is 6.54 Å². The van der Waals surface area contributed by atoms with E-state index in [0.29, 0.717) is 13.2 Å². The van der Waals surface area contributed by atoms with Crippen LogP contribution in [0.3, 0.4) is 0 Å². The lowest BCUT2D eigenvalue weighted by Crippen LogP contribution is -2.36. The molecule has 0 aliphatic carbocycles. The van der Waals surface area contributed by atoms with Crippen LogP contribution in [0.15, 0.2) is 48.5 Å². The van der Waals surface area contributed by atoms with Crippen LogP contribution in [-0.2, 0) is 17.8 Å². The van der Waals surface area contributed by atoms with E-state index in [1.165, 1.54) is 0 Å². The maximum atomic E-state index is 12.2. The highest BCUT2D eigenvalue weighted by Crippen LogP contribution is 2.19. The Kier molecular flexibility index (Phi) is 6.67. The molecule has 128 valence electrons. The van der Waals surface area contributed by atoms with Gasteiger partial charge in [-0.1, -0.05) is 37.3 Å². The maximum absolute atomic E-state index is 12.2. The van der Waals surface area contributed by atoms with Gasteiger partial charge in [-0.15, -0.1) is 0 Å². The first kappa shape index (κ1) is 17.9. The first-order valence-electron chi connectivity index (χ1n) is 8.38. The van der Waals surface area contributed by atoms with E-state index in [1.54, 1.807) is 6.92 Å². The standard InChI is InChI=1S/C20H25NO3/c1-4-17-8-6-7-9-19(17)24-15(3)20(22)21-14-16-10-12-18(13-11-16)23-5-2/h6-13,15H,4-5,14H2,1-3H3,(H,21,22)/t15-/m0/s1. The van der Waals surface area contributed by atoms with Crippen molar-refractivity contribution in [2.75, 3.05) is 6.61 Å². The fourth-order valence-corrected chi connectivity index (χ4v) is 2.36. The van der Waals surface area contributed by atoms with Gasteiger partial charge in [-0.25, -0.2) is 0 Å². The lowest BCUT2D eigenvalue weighted by Gasteiger charge is -2.17. The minimum absolute atomic E-state index is 0.130. The van der Waals surface area contributed by atoms with Gasteiger partial charge >= 0.3 is 0 Å². The SMILES string of the molecule is CCOc1ccc(CNC(=O)[C@H](C)Oc2ccccc2CC)cc1. The van der Waals surface area contributed by atoms with Crippen LogP contribution in [0.2, 0.25) is 0 Å². The molecule has 0 saturated heterocycles. The number of rotatable bonds is 8. The highest BCUT2D eigenvalue weighted by Gasteiger charge is 2.15. The first-order chi connectivity index (χ1) is 11.6. The quantitative estimate of drug-likeness (QED) is 0.803. The van der Waals surface area contributed by atoms with Crippen molar-refractivity contribution in [2.24, 2.45) is 0 Å². The molecule has 0 bridgehead atoms. The number of para-hydroxylation sites is 1. The Labute approximate surface area is 143 Å². The fourth-order valence-electron chi connectivity index (χ4n) is 2.36. The van der Waals surface area contributed by atoms with Crippen LogP contribution in [-0.4, -0.2) is 18.6 Å². The van der Waals surface area contributed by atoms with Crippen molar-refractivity contribution < 1.29 is 14.3 Å². The summed E-state index contributed by atoms with van der Waals surface area (Å²) in [5, 5.41) is 2.90. The number of amides is 1. The maximum Gasteiger partial charge on any atom is 0.261 e. The number of hydrogen-bond donors (Lipinski definition) is 1. The Morgan fingerprint density at radius 3 is 2.46 bits per heavy atom. The summed E-state index contributed by atoms with van der Waals surface area (Å²) in [4.78, 5) is 12.2. The first-order valence-corrected chi connectivity index (χ1v) is 8.38. The summed E-state index contributed by atoms with van der Waals surface area (Å²) in [6, 6.07) is 15.5. The van der Waals surface area contributed by atoms with E-state index in [2.05, 4.69) is 12.2 Å². The van der Waals surface area contributed by atoms with Gasteiger partial charge in [0.25, 0.3) is 5.91 Å². The van der Waals surface area contributed by atoms with E-state index in [-0.39, 0.29) is 5.91 Å². The largest absolute Gasteiger partial charge is 0.494 e. The summed E-state index contributed by atoms with van der Waals surface area (Å²) in [5.41, 5.74) is 2.12. The van der Waals surface area contributed by atoms with Crippen molar-refractivity contribution in [2.45, 2.75) is 39.8 Å². The molecule has 1 atom stereocenters. The van der Waals surface area contributed by atoms with Crippen LogP contribution in [0.25, 0.3) is 0 Å². The summed E-state index contributed by atoms with van der Waals surface area (Å²) in [7, 11) is 0. The van der Waals surface area contributed by atoms with Gasteiger partial charge in [0.2, 0.25) is 0 Å². The molecule has 2 aromatic rings. The van der Waals surface area contributed by atoms with Gasteiger partial charge in [-0.3, -0.25) is 4.79 Å². The molecule has 1 amide bonds. The van der Waals surface area contributed by atoms with Crippen LogP contribution >= 0.6 is 0 Å². The van der Waals surface area contributed by atoms with E-state index >= 15 is 0 Å². The van der Waals surface area contributed by atoms with Crippen molar-refractivity contribution >= 4 is 5.91 Å². The minimum atomic E-state index is -0.541. The predicted molar refractivity (Wildman–Crippen MR) is 95.4 cm³/mol. The Morgan fingerprint density at radius 1 is 1.08 bits per heavy atom. The molecular formula is C20H25NO3. The van der Waals surface area contributed by atoms with Gasteiger partial charge in [-0.2, -0.15) is 0 Å². The third kappa shape index (κ3) is 5.01. The third-order valence-corrected chi connectivity index (χ3v) is 3.73. The summed E-state index contributed by atoms with van der Waals surface area (Å²) in [5.74, 6) is 1.47. The molecule has 0 aliphatic rings. The molecule has 0 unspecified atom stereocenters. The molecule has 0 aliphatic heterocycles. The molecule has 2 aromatic carbocycles. The molecule has 4 nitrogen and oxygen atoms in total. The second-order valence-corrected chi connectivity index (χ2v) is 5.52. The summed E-state index contributed by atoms with van der Waals surface area (Å²) < 4.78 is 11.2. The second kappa shape index (κ2) is 8.96. The number of carbonyl (C=O) groups is 1. The Hall–Kier alpha value is -2.49. The molecule has 2 rings (SSSR count). The third-order valence-electron chi connectivity index (χ3n) is 3.73. The zero-order valence-corrected chi connectivity index (χ0v) is 14.5. The molecule has 0 spiro atoms. The van der Waals surface area contributed by atoms with Crippen molar-refractivity contribution in [3.05, 3.63) is 59.7 Å². The Bertz CT molecular complexity index is 652. The summed E-state index contributed by atoms with van der Waals surface area (Å²) in [6.45, 7) is 6.89. The zero-order chi connectivity index (χ0) is 17.4. The van der Waals surface area contributed by atoms with Gasteiger partial charge in [0.05, 0.1) is 6.61 Å². The number of carbonyl (C=O) groups excluding carboxylic acids is 1. The Morgan fingerprint density at radius 2 is 1.79 bits per heavy atom. The molecule has 0 radical (unpaired) electrons. The van der Waals surface area contributed by atoms with Crippen LogP contribution in [0.1, 0.15) is 31.9 Å². The molecule has 0 fully saturated rings. The number of ether oxygens (including phenoxy) is 2. The molecule has 0 heterocycles. The number of aryl methyl sites for hydroxylation is 1. The van der Waals surface area contributed by atoms with E-state index in [4.69, 9.17) is 9.47 Å². The van der Waals surface area contributed by atoms with Crippen LogP contribution in [0.4, 0.5) is 0 Å². The number of benzene rings is 2. The lowest BCUT2D eigenvalue weighted by molar-refractivity contribution is -0.127. The molecular weight excluding hydrogens is 302 g/mol. The van der Waals surface area contributed by atoms with Gasteiger partial charge in [-0.05, 0) is 49.6 Å². The van der Waals surface area contributed by atoms with Crippen LogP contribution < -0.4 is 14.8 Å². The lowest BCUT2D eigenvalue weighted by atomic mass is 10.1. The normalized spacial score (nSPS) is 11.6. The second-order valence-electron chi connectivity index (χ2n) is 5.52. The molecule has 0 aromatic heterocycles. The zero-order valence-electron chi connectivity index (χ0n) is 14.5. The average Bonchev–Trinajstić information content (AvgIpc) is 2.61. The predicted octanol–water partition coefficient (Wildman–Crippen LogP) is 3.73. The van der Waals surface area contributed by atoms with Crippen molar-refractivity contribution in [3.8, 4) is 11.5 Å². The van der Waals surface area contributed by atoms with Crippen molar-refractivity contribution in [1.29, 1.82) is 0 Å². The highest BCUT2D eigenvalue weighted by atomic mass is 16.5. The molecule has 1 N–H and O–H groups in total. The molecule has 4 heteroatoms. The fraction of sp³-hybridized carbons (Fsp3) is 0.350. The molecule has 24 heavy (non-hydrogen) atoms. The van der Waals surface area contributed by atoms with E-state index in [1.807, 2.05) is 55.5 Å². The molecule has 0 saturated carbocycles. The smallest absolute Gasteiger partial charge is 0.261 e. The summed E-state index contributed by atoms with van der Waals surface area (Å²) >= 11 is 0. The monoisotopic (exact) mass is 327 g/mol. The summed E-state index contributed by atoms with van der Waals surface area (Å²) in [6.07, 6.45) is 0.330. The van der Waals surface area contributed by atoms with Gasteiger partial charge < -0.3 is 14.8 Å². The van der Waals surface area contributed by atoms with E-state index in [9.17, 15) is 4.79 Å². The topological polar surface area (TPSA) is 47.6 Å². The average molecular weight is 327 g/mol. The van der Waals surface area contributed by atoms with E-state index < -0.39 is 6.10 Å². The minimum Gasteiger partial charge on any atom is -0.494 e. The highest BCUT2D eigenvalue weighted by molar-refractivity contribution is 5.80. The Balaban J connectivity index is 1.87. The van der Waals surface area contributed by atoms with Crippen LogP contribution in [0.5, 0.6) is 11.5 Å². The van der Waals surface area contributed by atoms with E-state index in [0.717, 1.165) is 29.0 Å². The van der Waals surface area contributed by atoms with Crippen molar-refractivity contribution in [3.63, 3.8) is 0 Å². The van der Waals surface area contributed by atoms with Gasteiger partial charge in [0.15, 0.2) is 6.10 Å². The number of nitrogens with one attached hydrogen (secondary N) is 1. The number of hydrogen-bond acceptors (Lipinski definition) is 3.